The molecule has 108 valence electrons. The minimum atomic E-state index is -3.16. The molecule has 0 aliphatic rings. The van der Waals surface area contributed by atoms with Gasteiger partial charge in [0.25, 0.3) is 0 Å². The molecule has 0 spiro atoms. The zero-order valence-corrected chi connectivity index (χ0v) is 13.1. The summed E-state index contributed by atoms with van der Waals surface area (Å²) in [6, 6.07) is 0. The molecule has 1 unspecified atom stereocenters. The Morgan fingerprint density at radius 3 is 2.16 bits per heavy atom. The van der Waals surface area contributed by atoms with E-state index in [1.54, 1.807) is 6.92 Å². The van der Waals surface area contributed by atoms with Crippen molar-refractivity contribution in [2.24, 2.45) is 0 Å². The lowest BCUT2D eigenvalue weighted by molar-refractivity contribution is 0.588. The molecular weight excluding hydrogens is 262 g/mol. The van der Waals surface area contributed by atoms with E-state index in [0.29, 0.717) is 5.82 Å². The first kappa shape index (κ1) is 16.0. The second-order valence-corrected chi connectivity index (χ2v) is 7.25. The van der Waals surface area contributed by atoms with Gasteiger partial charge in [0.05, 0.1) is 0 Å². The molecule has 19 heavy (non-hydrogen) atoms. The van der Waals surface area contributed by atoms with Gasteiger partial charge in [-0.2, -0.15) is 0 Å². The van der Waals surface area contributed by atoms with Gasteiger partial charge in [0, 0.05) is 29.8 Å². The van der Waals surface area contributed by atoms with Gasteiger partial charge >= 0.3 is 0 Å². The summed E-state index contributed by atoms with van der Waals surface area (Å²) >= 11 is 0. The molecule has 0 amide bonds. The van der Waals surface area contributed by atoms with E-state index in [0.717, 1.165) is 36.5 Å². The molecule has 5 nitrogen and oxygen atoms in total. The summed E-state index contributed by atoms with van der Waals surface area (Å²) in [6.07, 6.45) is 2.28. The molecule has 1 aromatic heterocycles. The molecule has 1 atom stereocenters. The number of sulfone groups is 1. The molecule has 0 fully saturated rings. The Hall–Kier alpha value is -1.01. The van der Waals surface area contributed by atoms with Crippen LogP contribution in [0.15, 0.2) is 0 Å². The van der Waals surface area contributed by atoms with Gasteiger partial charge in [0.2, 0.25) is 0 Å². The predicted molar refractivity (Wildman–Crippen MR) is 76.8 cm³/mol. The third kappa shape index (κ3) is 4.24. The molecule has 0 aliphatic carbocycles. The molecule has 0 radical (unpaired) electrons. The normalized spacial score (nSPS) is 13.5. The standard InChI is InChI=1S/C13H23N3O2S/c1-6-7-14-8-12-9(2)15-13(16-10(12)3)11(4)19(5,17)18/h11,14H,6-8H2,1-5H3. The van der Waals surface area contributed by atoms with E-state index in [1.165, 1.54) is 6.26 Å². The summed E-state index contributed by atoms with van der Waals surface area (Å²) in [5, 5.41) is 2.65. The maximum atomic E-state index is 11.6. The van der Waals surface area contributed by atoms with Crippen molar-refractivity contribution in [2.75, 3.05) is 12.8 Å². The van der Waals surface area contributed by atoms with E-state index >= 15 is 0 Å². The Morgan fingerprint density at radius 1 is 1.21 bits per heavy atom. The van der Waals surface area contributed by atoms with Crippen LogP contribution in [0.4, 0.5) is 0 Å². The summed E-state index contributed by atoms with van der Waals surface area (Å²) in [5.74, 6) is 0.386. The van der Waals surface area contributed by atoms with Crippen LogP contribution >= 0.6 is 0 Å². The van der Waals surface area contributed by atoms with E-state index < -0.39 is 15.1 Å². The average molecular weight is 285 g/mol. The highest BCUT2D eigenvalue weighted by atomic mass is 32.2. The minimum Gasteiger partial charge on any atom is -0.313 e. The summed E-state index contributed by atoms with van der Waals surface area (Å²) in [5.41, 5.74) is 2.75. The van der Waals surface area contributed by atoms with Crippen molar-refractivity contribution in [3.63, 3.8) is 0 Å². The monoisotopic (exact) mass is 285 g/mol. The molecule has 1 N–H and O–H groups in total. The first-order valence-corrected chi connectivity index (χ1v) is 8.46. The van der Waals surface area contributed by atoms with Gasteiger partial charge in [-0.25, -0.2) is 18.4 Å². The van der Waals surface area contributed by atoms with Gasteiger partial charge in [-0.1, -0.05) is 6.92 Å². The second kappa shape index (κ2) is 6.43. The van der Waals surface area contributed by atoms with Gasteiger partial charge < -0.3 is 5.32 Å². The van der Waals surface area contributed by atoms with Crippen molar-refractivity contribution in [3.05, 3.63) is 22.8 Å². The Balaban J connectivity index is 3.03. The van der Waals surface area contributed by atoms with Crippen LogP contribution in [0.1, 0.15) is 48.3 Å². The minimum absolute atomic E-state index is 0.386. The molecule has 0 saturated carbocycles. The molecule has 0 aromatic carbocycles. The van der Waals surface area contributed by atoms with Crippen molar-refractivity contribution < 1.29 is 8.42 Å². The summed E-state index contributed by atoms with van der Waals surface area (Å²) in [6.45, 7) is 9.20. The van der Waals surface area contributed by atoms with Crippen LogP contribution in [0.3, 0.4) is 0 Å². The highest BCUT2D eigenvalue weighted by molar-refractivity contribution is 7.90. The van der Waals surface area contributed by atoms with Crippen LogP contribution in [-0.4, -0.2) is 31.2 Å². The number of hydrogen-bond acceptors (Lipinski definition) is 5. The highest BCUT2D eigenvalue weighted by Gasteiger charge is 2.21. The van der Waals surface area contributed by atoms with Gasteiger partial charge in [0.1, 0.15) is 11.1 Å². The van der Waals surface area contributed by atoms with Gasteiger partial charge in [0.15, 0.2) is 9.84 Å². The lowest BCUT2D eigenvalue weighted by atomic mass is 10.1. The fourth-order valence-corrected chi connectivity index (χ4v) is 2.27. The van der Waals surface area contributed by atoms with Crippen LogP contribution < -0.4 is 5.32 Å². The maximum absolute atomic E-state index is 11.6. The Bertz CT molecular complexity index is 518. The lowest BCUT2D eigenvalue weighted by Crippen LogP contribution is -2.19. The third-order valence-corrected chi connectivity index (χ3v) is 4.67. The largest absolute Gasteiger partial charge is 0.313 e. The summed E-state index contributed by atoms with van der Waals surface area (Å²) in [4.78, 5) is 8.70. The highest BCUT2D eigenvalue weighted by Crippen LogP contribution is 2.20. The Kier molecular flexibility index (Phi) is 5.43. The third-order valence-electron chi connectivity index (χ3n) is 3.17. The fraction of sp³-hybridized carbons (Fsp3) is 0.692. The number of aromatic nitrogens is 2. The smallest absolute Gasteiger partial charge is 0.157 e. The molecule has 1 heterocycles. The number of nitrogens with zero attached hydrogens (tertiary/aromatic N) is 2. The van der Waals surface area contributed by atoms with Crippen molar-refractivity contribution in [3.8, 4) is 0 Å². The second-order valence-electron chi connectivity index (χ2n) is 4.88. The van der Waals surface area contributed by atoms with E-state index in [4.69, 9.17) is 0 Å². The van der Waals surface area contributed by atoms with Crippen LogP contribution in [0.2, 0.25) is 0 Å². The topological polar surface area (TPSA) is 72.0 Å². The van der Waals surface area contributed by atoms with E-state index in [1.807, 2.05) is 13.8 Å². The van der Waals surface area contributed by atoms with Crippen LogP contribution in [0, 0.1) is 13.8 Å². The van der Waals surface area contributed by atoms with Gasteiger partial charge in [-0.3, -0.25) is 0 Å². The Labute approximate surface area is 115 Å². The molecule has 0 aliphatic heterocycles. The molecule has 6 heteroatoms. The summed E-state index contributed by atoms with van der Waals surface area (Å²) in [7, 11) is -3.16. The Morgan fingerprint density at radius 2 is 1.74 bits per heavy atom. The number of hydrogen-bond donors (Lipinski definition) is 1. The van der Waals surface area contributed by atoms with Crippen LogP contribution in [0.5, 0.6) is 0 Å². The van der Waals surface area contributed by atoms with Crippen LogP contribution in [-0.2, 0) is 16.4 Å². The SMILES string of the molecule is CCCNCc1c(C)nc(C(C)S(C)(=O)=O)nc1C. The van der Waals surface area contributed by atoms with E-state index in [2.05, 4.69) is 22.2 Å². The van der Waals surface area contributed by atoms with Crippen molar-refractivity contribution in [1.82, 2.24) is 15.3 Å². The fourth-order valence-electron chi connectivity index (χ4n) is 1.78. The number of nitrogens with one attached hydrogen (secondary N) is 1. The van der Waals surface area contributed by atoms with Gasteiger partial charge in [-0.15, -0.1) is 0 Å². The van der Waals surface area contributed by atoms with Crippen molar-refractivity contribution >= 4 is 9.84 Å². The first-order chi connectivity index (χ1) is 8.77. The van der Waals surface area contributed by atoms with Gasteiger partial charge in [-0.05, 0) is 33.7 Å². The van der Waals surface area contributed by atoms with Crippen LogP contribution in [0.25, 0.3) is 0 Å². The molecular formula is C13H23N3O2S. The molecule has 1 rings (SSSR count). The predicted octanol–water partition coefficient (Wildman–Crippen LogP) is 1.70. The van der Waals surface area contributed by atoms with E-state index in [-0.39, 0.29) is 0 Å². The van der Waals surface area contributed by atoms with Crippen molar-refractivity contribution in [1.29, 1.82) is 0 Å². The number of aryl methyl sites for hydroxylation is 2. The quantitative estimate of drug-likeness (QED) is 0.805. The molecule has 1 aromatic rings. The average Bonchev–Trinajstić information content (AvgIpc) is 2.30. The summed E-state index contributed by atoms with van der Waals surface area (Å²) < 4.78 is 23.1. The van der Waals surface area contributed by atoms with Crippen molar-refractivity contribution in [2.45, 2.75) is 45.9 Å². The zero-order chi connectivity index (χ0) is 14.6. The molecule has 0 bridgehead atoms. The first-order valence-electron chi connectivity index (χ1n) is 6.51. The lowest BCUT2D eigenvalue weighted by Gasteiger charge is -2.14. The maximum Gasteiger partial charge on any atom is 0.157 e. The van der Waals surface area contributed by atoms with E-state index in [9.17, 15) is 8.42 Å². The number of rotatable bonds is 6. The zero-order valence-electron chi connectivity index (χ0n) is 12.3. The molecule has 0 saturated heterocycles.